The van der Waals surface area contributed by atoms with Gasteiger partial charge in [-0.1, -0.05) is 24.3 Å². The van der Waals surface area contributed by atoms with Crippen molar-refractivity contribution >= 4 is 57.7 Å². The number of nitrogens with zero attached hydrogens (tertiary/aromatic N) is 4. The van der Waals surface area contributed by atoms with Crippen molar-refractivity contribution in [2.75, 3.05) is 0 Å². The van der Waals surface area contributed by atoms with Crippen LogP contribution in [0.1, 0.15) is 22.8 Å². The molecule has 0 atom stereocenters. The first-order valence-corrected chi connectivity index (χ1v) is 13.0. The third-order valence-corrected chi connectivity index (χ3v) is 7.14. The van der Waals surface area contributed by atoms with Crippen molar-refractivity contribution in [3.63, 3.8) is 0 Å². The predicted octanol–water partition coefficient (Wildman–Crippen LogP) is 7.81. The van der Waals surface area contributed by atoms with Crippen molar-refractivity contribution in [1.82, 2.24) is 19.9 Å². The van der Waals surface area contributed by atoms with E-state index >= 15 is 0 Å². The van der Waals surface area contributed by atoms with E-state index in [4.69, 9.17) is 9.97 Å². The lowest BCUT2D eigenvalue weighted by Gasteiger charge is -2.05. The number of H-pyrrole nitrogens is 2. The molecule has 2 aliphatic heterocycles. The molecule has 0 unspecified atom stereocenters. The van der Waals surface area contributed by atoms with Gasteiger partial charge in [0.25, 0.3) is 11.4 Å². The molecular formula is C32H20N6O4. The summed E-state index contributed by atoms with van der Waals surface area (Å²) in [7, 11) is 0. The van der Waals surface area contributed by atoms with E-state index in [2.05, 4.69) is 9.97 Å². The molecule has 10 heteroatoms. The molecule has 2 aromatic carbocycles. The summed E-state index contributed by atoms with van der Waals surface area (Å²) < 4.78 is 0. The van der Waals surface area contributed by atoms with E-state index in [-0.39, 0.29) is 11.4 Å². The second kappa shape index (κ2) is 9.79. The second-order valence-corrected chi connectivity index (χ2v) is 9.75. The number of benzene rings is 2. The first kappa shape index (κ1) is 24.9. The Labute approximate surface area is 237 Å². The summed E-state index contributed by atoms with van der Waals surface area (Å²) in [4.78, 5) is 39.5. The molecule has 3 aromatic heterocycles. The average molecular weight is 553 g/mol. The van der Waals surface area contributed by atoms with Crippen molar-refractivity contribution in [3.05, 3.63) is 128 Å². The molecule has 0 fully saturated rings. The van der Waals surface area contributed by atoms with E-state index in [1.54, 1.807) is 36.4 Å². The van der Waals surface area contributed by atoms with Crippen LogP contribution in [0.5, 0.6) is 0 Å². The lowest BCUT2D eigenvalue weighted by Crippen LogP contribution is -1.94. The normalized spacial score (nSPS) is 12.0. The van der Waals surface area contributed by atoms with Crippen LogP contribution >= 0.6 is 0 Å². The van der Waals surface area contributed by atoms with Gasteiger partial charge in [0.2, 0.25) is 0 Å². The maximum atomic E-state index is 11.9. The van der Waals surface area contributed by atoms with E-state index < -0.39 is 9.85 Å². The van der Waals surface area contributed by atoms with E-state index in [0.29, 0.717) is 56.1 Å². The largest absolute Gasteiger partial charge is 0.355 e. The second-order valence-electron chi connectivity index (χ2n) is 9.75. The topological polar surface area (TPSA) is 144 Å². The average Bonchev–Trinajstić information content (AvgIpc) is 3.80. The molecule has 10 nitrogen and oxygen atoms in total. The maximum absolute atomic E-state index is 11.9. The fraction of sp³-hybridized carbons (Fsp3) is 0. The third-order valence-electron chi connectivity index (χ3n) is 7.14. The summed E-state index contributed by atoms with van der Waals surface area (Å²) in [6, 6.07) is 24.4. The molecule has 0 saturated carbocycles. The van der Waals surface area contributed by atoms with E-state index in [0.717, 1.165) is 11.0 Å². The number of hydrogen-bond donors (Lipinski definition) is 2. The summed E-state index contributed by atoms with van der Waals surface area (Å²) in [6.45, 7) is 0. The Kier molecular flexibility index (Phi) is 5.79. The molecule has 2 N–H and O–H groups in total. The predicted molar refractivity (Wildman–Crippen MR) is 163 cm³/mol. The van der Waals surface area contributed by atoms with Crippen LogP contribution in [0.15, 0.2) is 84.9 Å². The molecular weight excluding hydrogens is 532 g/mol. The molecule has 5 heterocycles. The summed E-state index contributed by atoms with van der Waals surface area (Å²) >= 11 is 0. The van der Waals surface area contributed by atoms with Crippen LogP contribution in [0.4, 0.5) is 11.4 Å². The van der Waals surface area contributed by atoms with Gasteiger partial charge in [0, 0.05) is 45.3 Å². The molecule has 42 heavy (non-hydrogen) atoms. The molecule has 0 saturated heterocycles. The first-order valence-electron chi connectivity index (χ1n) is 13.0. The summed E-state index contributed by atoms with van der Waals surface area (Å²) in [5.74, 6) is 0. The van der Waals surface area contributed by atoms with Crippen LogP contribution in [-0.4, -0.2) is 29.8 Å². The van der Waals surface area contributed by atoms with Gasteiger partial charge >= 0.3 is 0 Å². The van der Waals surface area contributed by atoms with E-state index in [9.17, 15) is 20.2 Å². The van der Waals surface area contributed by atoms with Crippen LogP contribution in [0, 0.1) is 20.2 Å². The van der Waals surface area contributed by atoms with Crippen molar-refractivity contribution in [1.29, 1.82) is 0 Å². The van der Waals surface area contributed by atoms with Crippen LogP contribution in [-0.2, 0) is 0 Å². The Morgan fingerprint density at radius 3 is 1.40 bits per heavy atom. The third kappa shape index (κ3) is 4.33. The quantitative estimate of drug-likeness (QED) is 0.168. The Morgan fingerprint density at radius 1 is 0.548 bits per heavy atom. The van der Waals surface area contributed by atoms with Gasteiger partial charge < -0.3 is 9.97 Å². The summed E-state index contributed by atoms with van der Waals surface area (Å²) in [5.41, 5.74) is 7.25. The maximum Gasteiger partial charge on any atom is 0.277 e. The molecule has 2 aliphatic rings. The summed E-state index contributed by atoms with van der Waals surface area (Å²) in [5, 5.41) is 23.9. The minimum atomic E-state index is -0.395. The van der Waals surface area contributed by atoms with Crippen molar-refractivity contribution in [2.24, 2.45) is 0 Å². The van der Waals surface area contributed by atoms with Gasteiger partial charge in [-0.05, 0) is 72.8 Å². The van der Waals surface area contributed by atoms with Crippen molar-refractivity contribution in [3.8, 4) is 22.3 Å². The van der Waals surface area contributed by atoms with Gasteiger partial charge in [0.1, 0.15) is 0 Å². The SMILES string of the molecule is O=[N+]([O-])c1ccccc1-c1c2nc(cc3ccc([nH]3)c(-c3ccccc3[N+](=O)[O-])c3nc(cc4ccc1[nH]4)C=C3)C=C2. The van der Waals surface area contributed by atoms with E-state index in [1.165, 1.54) is 12.1 Å². The molecule has 202 valence electrons. The number of fused-ring (bicyclic) bond motifs is 8. The Morgan fingerprint density at radius 2 is 0.976 bits per heavy atom. The number of hydrogen-bond acceptors (Lipinski definition) is 6. The van der Waals surface area contributed by atoms with Gasteiger partial charge in [0.05, 0.1) is 43.7 Å². The van der Waals surface area contributed by atoms with Gasteiger partial charge in [-0.15, -0.1) is 0 Å². The number of rotatable bonds is 4. The monoisotopic (exact) mass is 552 g/mol. The van der Waals surface area contributed by atoms with Crippen LogP contribution < -0.4 is 0 Å². The highest BCUT2D eigenvalue weighted by Gasteiger charge is 2.21. The van der Waals surface area contributed by atoms with Crippen molar-refractivity contribution in [2.45, 2.75) is 0 Å². The van der Waals surface area contributed by atoms with Gasteiger partial charge in [-0.3, -0.25) is 20.2 Å². The van der Waals surface area contributed by atoms with Crippen LogP contribution in [0.2, 0.25) is 0 Å². The Balaban J connectivity index is 1.58. The van der Waals surface area contributed by atoms with Gasteiger partial charge in [-0.2, -0.15) is 0 Å². The minimum Gasteiger partial charge on any atom is -0.355 e. The Hall–Kier alpha value is -6.16. The highest BCUT2D eigenvalue weighted by atomic mass is 16.6. The fourth-order valence-corrected chi connectivity index (χ4v) is 5.33. The number of nitro groups is 2. The molecule has 0 spiro atoms. The van der Waals surface area contributed by atoms with Crippen molar-refractivity contribution < 1.29 is 9.85 Å². The standard InChI is InChI=1S/C32H20N6O4/c39-37(40)29-7-3-1-5-23(29)31-25-13-9-19(33-25)17-21-11-15-27(35-21)32(24-6-2-4-8-30(24)38(41)42)28-16-12-22(36-28)18-20-10-14-26(31)34-20/h1-18,33,36H. The summed E-state index contributed by atoms with van der Waals surface area (Å²) in [6.07, 6.45) is 7.35. The minimum absolute atomic E-state index is 0.0232. The zero-order chi connectivity index (χ0) is 28.8. The molecule has 7 rings (SSSR count). The lowest BCUT2D eigenvalue weighted by atomic mass is 10.0. The number of para-hydroxylation sites is 2. The smallest absolute Gasteiger partial charge is 0.277 e. The highest BCUT2D eigenvalue weighted by molar-refractivity contribution is 5.95. The molecule has 0 aliphatic carbocycles. The van der Waals surface area contributed by atoms with Crippen LogP contribution in [0.25, 0.3) is 68.6 Å². The lowest BCUT2D eigenvalue weighted by molar-refractivity contribution is -0.384. The highest BCUT2D eigenvalue weighted by Crippen LogP contribution is 2.37. The van der Waals surface area contributed by atoms with E-state index in [1.807, 2.05) is 60.7 Å². The fourth-order valence-electron chi connectivity index (χ4n) is 5.33. The zero-order valence-electron chi connectivity index (χ0n) is 21.8. The molecule has 0 amide bonds. The number of aromatic nitrogens is 4. The number of nitrogens with one attached hydrogen (secondary N) is 2. The number of nitro benzene ring substituents is 2. The van der Waals surface area contributed by atoms with Gasteiger partial charge in [0.15, 0.2) is 0 Å². The Bertz CT molecular complexity index is 2020. The number of aromatic amines is 2. The first-order chi connectivity index (χ1) is 20.4. The molecule has 5 aromatic rings. The molecule has 0 radical (unpaired) electrons. The van der Waals surface area contributed by atoms with Gasteiger partial charge in [-0.25, -0.2) is 9.97 Å². The molecule has 8 bridgehead atoms. The van der Waals surface area contributed by atoms with Crippen LogP contribution in [0.3, 0.4) is 0 Å². The zero-order valence-corrected chi connectivity index (χ0v) is 21.8.